The minimum absolute atomic E-state index is 0.00308. The van der Waals surface area contributed by atoms with Crippen molar-refractivity contribution in [1.29, 1.82) is 0 Å². The normalized spacial score (nSPS) is 22.3. The van der Waals surface area contributed by atoms with Gasteiger partial charge in [-0.15, -0.1) is 0 Å². The van der Waals surface area contributed by atoms with Crippen molar-refractivity contribution in [2.75, 3.05) is 6.54 Å². The molecule has 2 aromatic carbocycles. The van der Waals surface area contributed by atoms with Crippen LogP contribution in [-0.2, 0) is 0 Å². The first-order valence-corrected chi connectivity index (χ1v) is 11.9. The van der Waals surface area contributed by atoms with E-state index >= 15 is 0 Å². The van der Waals surface area contributed by atoms with Gasteiger partial charge < -0.3 is 10.6 Å². The van der Waals surface area contributed by atoms with E-state index in [4.69, 9.17) is 46.4 Å². The van der Waals surface area contributed by atoms with Gasteiger partial charge in [-0.1, -0.05) is 67.2 Å². The van der Waals surface area contributed by atoms with E-state index in [0.29, 0.717) is 37.8 Å². The molecule has 0 unspecified atom stereocenters. The summed E-state index contributed by atoms with van der Waals surface area (Å²) < 4.78 is 0. The van der Waals surface area contributed by atoms with Gasteiger partial charge in [0.05, 0.1) is 20.1 Å². The van der Waals surface area contributed by atoms with Crippen molar-refractivity contribution >= 4 is 58.2 Å². The van der Waals surface area contributed by atoms with Gasteiger partial charge in [-0.25, -0.2) is 0 Å². The molecule has 0 spiro atoms. The number of carbonyl (C=O) groups is 2. The third-order valence-corrected chi connectivity index (χ3v) is 7.30. The summed E-state index contributed by atoms with van der Waals surface area (Å²) in [6.45, 7) is 6.99. The Labute approximate surface area is 208 Å². The van der Waals surface area contributed by atoms with E-state index in [1.807, 2.05) is 0 Å². The fourth-order valence-corrected chi connectivity index (χ4v) is 5.41. The molecular formula is C24H26Cl4N2O2. The zero-order valence-electron chi connectivity index (χ0n) is 18.2. The number of hydrogen-bond donors (Lipinski definition) is 2. The summed E-state index contributed by atoms with van der Waals surface area (Å²) in [6, 6.07) is 9.64. The summed E-state index contributed by atoms with van der Waals surface area (Å²) in [5.74, 6) is -0.391. The molecule has 32 heavy (non-hydrogen) atoms. The van der Waals surface area contributed by atoms with Crippen LogP contribution in [0.2, 0.25) is 20.1 Å². The zero-order valence-corrected chi connectivity index (χ0v) is 21.2. The third-order valence-electron chi connectivity index (χ3n) is 5.82. The van der Waals surface area contributed by atoms with E-state index in [9.17, 15) is 9.59 Å². The molecule has 172 valence electrons. The molecule has 4 nitrogen and oxygen atoms in total. The maximum atomic E-state index is 12.8. The number of halogens is 4. The average Bonchev–Trinajstić information content (AvgIpc) is 2.68. The number of benzene rings is 2. The van der Waals surface area contributed by atoms with E-state index in [1.165, 1.54) is 0 Å². The van der Waals surface area contributed by atoms with Crippen LogP contribution in [0.3, 0.4) is 0 Å². The third kappa shape index (κ3) is 6.32. The van der Waals surface area contributed by atoms with Crippen LogP contribution in [0.25, 0.3) is 0 Å². The molecule has 1 aliphatic rings. The summed E-state index contributed by atoms with van der Waals surface area (Å²) in [5.41, 5.74) is 0.736. The molecule has 2 aromatic rings. The van der Waals surface area contributed by atoms with Crippen molar-refractivity contribution < 1.29 is 9.59 Å². The first kappa shape index (κ1) is 25.2. The second-order valence-electron chi connectivity index (χ2n) is 9.67. The lowest BCUT2D eigenvalue weighted by atomic mass is 9.62. The molecule has 2 amide bonds. The summed E-state index contributed by atoms with van der Waals surface area (Å²) in [5, 5.41) is 7.67. The molecule has 8 heteroatoms. The number of hydrogen-bond acceptors (Lipinski definition) is 2. The lowest BCUT2D eigenvalue weighted by Crippen LogP contribution is -2.50. The molecule has 0 bridgehead atoms. The molecule has 1 saturated carbocycles. The second kappa shape index (κ2) is 9.80. The molecule has 1 aliphatic carbocycles. The molecular weight excluding hydrogens is 490 g/mol. The number of carbonyl (C=O) groups excluding carboxylic acids is 2. The van der Waals surface area contributed by atoms with Crippen molar-refractivity contribution in [3.05, 3.63) is 67.6 Å². The Balaban J connectivity index is 1.68. The molecule has 2 N–H and O–H groups in total. The first-order valence-electron chi connectivity index (χ1n) is 10.4. The zero-order chi connectivity index (χ0) is 23.7. The molecule has 2 atom stereocenters. The van der Waals surface area contributed by atoms with E-state index in [2.05, 4.69) is 31.4 Å². The highest BCUT2D eigenvalue weighted by molar-refractivity contribution is 6.42. The fraction of sp³-hybridized carbons (Fsp3) is 0.417. The molecule has 0 aliphatic heterocycles. The van der Waals surface area contributed by atoms with Crippen LogP contribution in [0.15, 0.2) is 36.4 Å². The van der Waals surface area contributed by atoms with Gasteiger partial charge in [0.15, 0.2) is 0 Å². The number of rotatable bonds is 5. The summed E-state index contributed by atoms with van der Waals surface area (Å²) >= 11 is 24.0. The molecule has 0 heterocycles. The first-order chi connectivity index (χ1) is 14.9. The Morgan fingerprint density at radius 1 is 0.844 bits per heavy atom. The smallest absolute Gasteiger partial charge is 0.251 e. The Hall–Kier alpha value is -1.46. The fourth-order valence-electron chi connectivity index (χ4n) is 4.81. The molecule has 0 saturated heterocycles. The minimum atomic E-state index is -0.204. The van der Waals surface area contributed by atoms with Crippen molar-refractivity contribution in [2.45, 2.75) is 46.1 Å². The van der Waals surface area contributed by atoms with Crippen LogP contribution in [0.5, 0.6) is 0 Å². The maximum Gasteiger partial charge on any atom is 0.251 e. The van der Waals surface area contributed by atoms with Gasteiger partial charge in [0.2, 0.25) is 0 Å². The number of nitrogens with one attached hydrogen (secondary N) is 2. The van der Waals surface area contributed by atoms with Gasteiger partial charge in [-0.05, 0) is 66.5 Å². The van der Waals surface area contributed by atoms with Crippen LogP contribution < -0.4 is 10.6 Å². The van der Waals surface area contributed by atoms with Crippen LogP contribution >= 0.6 is 46.4 Å². The van der Waals surface area contributed by atoms with Gasteiger partial charge in [-0.2, -0.15) is 0 Å². The van der Waals surface area contributed by atoms with E-state index in [0.717, 1.165) is 19.3 Å². The summed E-state index contributed by atoms with van der Waals surface area (Å²) in [7, 11) is 0. The molecule has 0 aromatic heterocycles. The largest absolute Gasteiger partial charge is 0.351 e. The van der Waals surface area contributed by atoms with Gasteiger partial charge in [0, 0.05) is 23.7 Å². The van der Waals surface area contributed by atoms with Crippen molar-refractivity contribution in [3.8, 4) is 0 Å². The van der Waals surface area contributed by atoms with Gasteiger partial charge in [0.1, 0.15) is 0 Å². The number of amides is 2. The SMILES string of the molecule is CC1(C)C[C@H](NC(=O)c2ccc(Cl)c(Cl)c2)C[C@](C)(CNC(=O)c2ccc(Cl)c(Cl)c2)C1. The topological polar surface area (TPSA) is 58.2 Å². The maximum absolute atomic E-state index is 12.8. The predicted molar refractivity (Wildman–Crippen MR) is 132 cm³/mol. The lowest BCUT2D eigenvalue weighted by Gasteiger charge is -2.47. The second-order valence-corrected chi connectivity index (χ2v) is 11.3. The van der Waals surface area contributed by atoms with Gasteiger partial charge >= 0.3 is 0 Å². The van der Waals surface area contributed by atoms with Crippen molar-refractivity contribution in [2.24, 2.45) is 10.8 Å². The predicted octanol–water partition coefficient (Wildman–Crippen LogP) is 7.05. The molecule has 0 radical (unpaired) electrons. The van der Waals surface area contributed by atoms with Crippen LogP contribution in [0.4, 0.5) is 0 Å². The summed E-state index contributed by atoms with van der Waals surface area (Å²) in [6.07, 6.45) is 2.50. The lowest BCUT2D eigenvalue weighted by molar-refractivity contribution is 0.0592. The van der Waals surface area contributed by atoms with Crippen molar-refractivity contribution in [1.82, 2.24) is 10.6 Å². The quantitative estimate of drug-likeness (QED) is 0.448. The summed E-state index contributed by atoms with van der Waals surface area (Å²) in [4.78, 5) is 25.5. The Bertz CT molecular complexity index is 1040. The monoisotopic (exact) mass is 514 g/mol. The molecule has 3 rings (SSSR count). The highest BCUT2D eigenvalue weighted by Gasteiger charge is 2.42. The molecule has 1 fully saturated rings. The Morgan fingerprint density at radius 3 is 1.91 bits per heavy atom. The Morgan fingerprint density at radius 2 is 1.38 bits per heavy atom. The van der Waals surface area contributed by atoms with Gasteiger partial charge in [0.25, 0.3) is 11.8 Å². The van der Waals surface area contributed by atoms with E-state index in [-0.39, 0.29) is 28.7 Å². The van der Waals surface area contributed by atoms with E-state index < -0.39 is 0 Å². The highest BCUT2D eigenvalue weighted by atomic mass is 35.5. The highest BCUT2D eigenvalue weighted by Crippen LogP contribution is 2.46. The van der Waals surface area contributed by atoms with Gasteiger partial charge in [-0.3, -0.25) is 9.59 Å². The van der Waals surface area contributed by atoms with Crippen molar-refractivity contribution in [3.63, 3.8) is 0 Å². The Kier molecular flexibility index (Phi) is 7.71. The van der Waals surface area contributed by atoms with Crippen LogP contribution in [0.1, 0.15) is 60.7 Å². The van der Waals surface area contributed by atoms with Crippen LogP contribution in [0, 0.1) is 10.8 Å². The average molecular weight is 516 g/mol. The van der Waals surface area contributed by atoms with E-state index in [1.54, 1.807) is 36.4 Å². The van der Waals surface area contributed by atoms with Crippen LogP contribution in [-0.4, -0.2) is 24.4 Å². The minimum Gasteiger partial charge on any atom is -0.351 e. The standard InChI is InChI=1S/C24H26Cl4N2O2/c1-23(2)10-16(30-22(32)15-5-7-18(26)20(28)9-15)11-24(3,12-23)13-29-21(31)14-4-6-17(25)19(27)8-14/h4-9,16H,10-13H2,1-3H3,(H,29,31)(H,30,32)/t16-,24-/m0/s1.